The Kier molecular flexibility index (Phi) is 4.62. The van der Waals surface area contributed by atoms with Crippen molar-refractivity contribution in [3.63, 3.8) is 0 Å². The molecule has 0 aliphatic heterocycles. The van der Waals surface area contributed by atoms with E-state index in [-0.39, 0.29) is 5.91 Å². The van der Waals surface area contributed by atoms with E-state index in [1.807, 2.05) is 18.2 Å². The molecule has 0 atom stereocenters. The van der Waals surface area contributed by atoms with Gasteiger partial charge in [-0.1, -0.05) is 18.2 Å². The SMILES string of the molecule is O=C(O)/C=C/c1cccc(CNC(=O)c2cncs2)c1. The summed E-state index contributed by atoms with van der Waals surface area (Å²) in [6, 6.07) is 7.31. The van der Waals surface area contributed by atoms with Crippen molar-refractivity contribution in [1.29, 1.82) is 0 Å². The van der Waals surface area contributed by atoms with E-state index in [1.165, 1.54) is 23.6 Å². The first-order valence-corrected chi connectivity index (χ1v) is 6.70. The Morgan fingerprint density at radius 1 is 1.40 bits per heavy atom. The minimum absolute atomic E-state index is 0.168. The third-order valence-corrected chi connectivity index (χ3v) is 3.25. The van der Waals surface area contributed by atoms with Crippen molar-refractivity contribution in [2.24, 2.45) is 0 Å². The van der Waals surface area contributed by atoms with Crippen molar-refractivity contribution < 1.29 is 14.7 Å². The zero-order valence-corrected chi connectivity index (χ0v) is 11.3. The second-order valence-electron chi connectivity index (χ2n) is 3.96. The molecule has 1 amide bonds. The van der Waals surface area contributed by atoms with E-state index in [0.29, 0.717) is 11.4 Å². The molecule has 0 bridgehead atoms. The summed E-state index contributed by atoms with van der Waals surface area (Å²) in [7, 11) is 0. The summed E-state index contributed by atoms with van der Waals surface area (Å²) in [4.78, 5) is 26.6. The minimum Gasteiger partial charge on any atom is -0.478 e. The fraction of sp³-hybridized carbons (Fsp3) is 0.0714. The number of rotatable bonds is 5. The summed E-state index contributed by atoms with van der Waals surface area (Å²) < 4.78 is 0. The number of hydrogen-bond acceptors (Lipinski definition) is 4. The molecule has 0 saturated carbocycles. The van der Waals surface area contributed by atoms with Crippen molar-refractivity contribution in [3.05, 3.63) is 58.1 Å². The monoisotopic (exact) mass is 288 g/mol. The smallest absolute Gasteiger partial charge is 0.328 e. The molecular formula is C14H12N2O3S. The third kappa shape index (κ3) is 4.03. The van der Waals surface area contributed by atoms with Crippen LogP contribution in [0.1, 0.15) is 20.8 Å². The molecule has 5 nitrogen and oxygen atoms in total. The molecule has 0 radical (unpaired) electrons. The molecular weight excluding hydrogens is 276 g/mol. The number of carboxylic acid groups (broad SMARTS) is 1. The average molecular weight is 288 g/mol. The Morgan fingerprint density at radius 2 is 2.25 bits per heavy atom. The zero-order chi connectivity index (χ0) is 14.4. The van der Waals surface area contributed by atoms with Gasteiger partial charge in [0.1, 0.15) is 4.88 Å². The lowest BCUT2D eigenvalue weighted by Crippen LogP contribution is -2.21. The maximum atomic E-state index is 11.7. The van der Waals surface area contributed by atoms with Crippen molar-refractivity contribution in [2.75, 3.05) is 0 Å². The van der Waals surface area contributed by atoms with Gasteiger partial charge in [0.05, 0.1) is 11.7 Å². The van der Waals surface area contributed by atoms with E-state index in [9.17, 15) is 9.59 Å². The van der Waals surface area contributed by atoms with Gasteiger partial charge < -0.3 is 10.4 Å². The molecule has 102 valence electrons. The summed E-state index contributed by atoms with van der Waals surface area (Å²) in [5.41, 5.74) is 3.28. The molecule has 20 heavy (non-hydrogen) atoms. The summed E-state index contributed by atoms with van der Waals surface area (Å²) in [6.45, 7) is 0.380. The molecule has 0 fully saturated rings. The molecule has 1 aromatic carbocycles. The number of benzene rings is 1. The van der Waals surface area contributed by atoms with Gasteiger partial charge in [-0.05, 0) is 23.3 Å². The second-order valence-corrected chi connectivity index (χ2v) is 4.85. The minimum atomic E-state index is -0.992. The van der Waals surface area contributed by atoms with E-state index in [4.69, 9.17) is 5.11 Å². The zero-order valence-electron chi connectivity index (χ0n) is 10.4. The standard InChI is InChI=1S/C14H12N2O3S/c17-13(18)5-4-10-2-1-3-11(6-10)7-16-14(19)12-8-15-9-20-12/h1-6,8-9H,7H2,(H,16,19)(H,17,18)/b5-4+. The first kappa shape index (κ1) is 14.0. The number of carbonyl (C=O) groups excluding carboxylic acids is 1. The number of aromatic nitrogens is 1. The van der Waals surface area contributed by atoms with Gasteiger partial charge in [-0.25, -0.2) is 4.79 Å². The molecule has 0 aliphatic carbocycles. The van der Waals surface area contributed by atoms with Crippen LogP contribution in [0.2, 0.25) is 0 Å². The number of amides is 1. The molecule has 1 heterocycles. The van der Waals surface area contributed by atoms with Gasteiger partial charge in [-0.3, -0.25) is 9.78 Å². The van der Waals surface area contributed by atoms with Crippen LogP contribution >= 0.6 is 11.3 Å². The van der Waals surface area contributed by atoms with E-state index < -0.39 is 5.97 Å². The quantitative estimate of drug-likeness (QED) is 0.826. The second kappa shape index (κ2) is 6.63. The van der Waals surface area contributed by atoms with Crippen LogP contribution < -0.4 is 5.32 Å². The maximum absolute atomic E-state index is 11.7. The number of nitrogens with one attached hydrogen (secondary N) is 1. The molecule has 0 unspecified atom stereocenters. The fourth-order valence-corrected chi connectivity index (χ4v) is 2.11. The molecule has 0 aliphatic rings. The Balaban J connectivity index is 1.98. The Labute approximate surface area is 119 Å². The number of thiazole rings is 1. The van der Waals surface area contributed by atoms with Gasteiger partial charge in [0, 0.05) is 12.6 Å². The normalized spacial score (nSPS) is 10.6. The first-order chi connectivity index (χ1) is 9.65. The van der Waals surface area contributed by atoms with Crippen LogP contribution in [0.3, 0.4) is 0 Å². The van der Waals surface area contributed by atoms with Crippen LogP contribution in [0.4, 0.5) is 0 Å². The fourth-order valence-electron chi connectivity index (χ4n) is 1.57. The van der Waals surface area contributed by atoms with Gasteiger partial charge in [-0.15, -0.1) is 11.3 Å². The molecule has 2 rings (SSSR count). The Hall–Kier alpha value is -2.47. The molecule has 0 spiro atoms. The number of hydrogen-bond donors (Lipinski definition) is 2. The molecule has 2 N–H and O–H groups in total. The number of carboxylic acids is 1. The average Bonchev–Trinajstić information content (AvgIpc) is 2.97. The maximum Gasteiger partial charge on any atom is 0.328 e. The van der Waals surface area contributed by atoms with Gasteiger partial charge in [0.15, 0.2) is 0 Å². The van der Waals surface area contributed by atoms with E-state index >= 15 is 0 Å². The van der Waals surface area contributed by atoms with Gasteiger partial charge in [0.25, 0.3) is 5.91 Å². The summed E-state index contributed by atoms with van der Waals surface area (Å²) in [5, 5.41) is 11.4. The highest BCUT2D eigenvalue weighted by atomic mass is 32.1. The van der Waals surface area contributed by atoms with E-state index in [0.717, 1.165) is 17.2 Å². The van der Waals surface area contributed by atoms with Crippen LogP contribution in [0.15, 0.2) is 42.0 Å². The highest BCUT2D eigenvalue weighted by molar-refractivity contribution is 7.11. The van der Waals surface area contributed by atoms with Crippen LogP contribution in [-0.4, -0.2) is 22.0 Å². The number of carbonyl (C=O) groups is 2. The summed E-state index contributed by atoms with van der Waals surface area (Å²) in [6.07, 6.45) is 4.11. The van der Waals surface area contributed by atoms with Crippen LogP contribution in [0.25, 0.3) is 6.08 Å². The lowest BCUT2D eigenvalue weighted by atomic mass is 10.1. The largest absolute Gasteiger partial charge is 0.478 e. The number of nitrogens with zero attached hydrogens (tertiary/aromatic N) is 1. The molecule has 2 aromatic rings. The first-order valence-electron chi connectivity index (χ1n) is 5.82. The van der Waals surface area contributed by atoms with Crippen molar-refractivity contribution in [1.82, 2.24) is 10.3 Å². The van der Waals surface area contributed by atoms with E-state index in [1.54, 1.807) is 11.6 Å². The molecule has 0 saturated heterocycles. The van der Waals surface area contributed by atoms with Gasteiger partial charge in [0.2, 0.25) is 0 Å². The topological polar surface area (TPSA) is 79.3 Å². The lowest BCUT2D eigenvalue weighted by Gasteiger charge is -2.04. The van der Waals surface area contributed by atoms with Crippen LogP contribution in [0, 0.1) is 0 Å². The predicted octanol–water partition coefficient (Wildman–Crippen LogP) is 2.17. The van der Waals surface area contributed by atoms with Crippen molar-refractivity contribution in [3.8, 4) is 0 Å². The summed E-state index contributed by atoms with van der Waals surface area (Å²) >= 11 is 1.28. The van der Waals surface area contributed by atoms with Crippen molar-refractivity contribution in [2.45, 2.75) is 6.54 Å². The van der Waals surface area contributed by atoms with E-state index in [2.05, 4.69) is 10.3 Å². The summed E-state index contributed by atoms with van der Waals surface area (Å²) in [5.74, 6) is -1.16. The Bertz CT molecular complexity index is 636. The van der Waals surface area contributed by atoms with Gasteiger partial charge >= 0.3 is 5.97 Å². The van der Waals surface area contributed by atoms with Crippen LogP contribution in [0.5, 0.6) is 0 Å². The highest BCUT2D eigenvalue weighted by Crippen LogP contribution is 2.09. The third-order valence-electron chi connectivity index (χ3n) is 2.48. The molecule has 1 aromatic heterocycles. The van der Waals surface area contributed by atoms with Crippen molar-refractivity contribution >= 4 is 29.3 Å². The Morgan fingerprint density at radius 3 is 2.95 bits per heavy atom. The number of aliphatic carboxylic acids is 1. The highest BCUT2D eigenvalue weighted by Gasteiger charge is 2.06. The predicted molar refractivity (Wildman–Crippen MR) is 76.4 cm³/mol. The van der Waals surface area contributed by atoms with Gasteiger partial charge in [-0.2, -0.15) is 0 Å². The lowest BCUT2D eigenvalue weighted by molar-refractivity contribution is -0.131. The van der Waals surface area contributed by atoms with Crippen LogP contribution in [-0.2, 0) is 11.3 Å². The molecule has 6 heteroatoms.